The molecule has 1 rings (SSSR count). The second kappa shape index (κ2) is 8.66. The summed E-state index contributed by atoms with van der Waals surface area (Å²) in [5.74, 6) is 1.17. The number of carbonyl (C=O) groups is 1. The Labute approximate surface area is 136 Å². The molecule has 2 N–H and O–H groups in total. The number of hydrogen-bond donors (Lipinski definition) is 2. The lowest BCUT2D eigenvalue weighted by molar-refractivity contribution is -0.120. The van der Waals surface area contributed by atoms with Gasteiger partial charge in [-0.3, -0.25) is 4.79 Å². The van der Waals surface area contributed by atoms with E-state index in [-0.39, 0.29) is 24.0 Å². The minimum Gasteiger partial charge on any atom is -0.396 e. The standard InChI is InChI=1S/C16H24ClNO2S/c1-16(2,3)14(7-8-19)18-15(20)11-21-10-12-5-4-6-13(17)9-12/h4-6,9,14,19H,7-8,10-11H2,1-3H3,(H,18,20). The SMILES string of the molecule is CC(C)(C)C(CCO)NC(=O)CSCc1cccc(Cl)c1. The molecule has 0 saturated heterocycles. The lowest BCUT2D eigenvalue weighted by atomic mass is 9.85. The maximum atomic E-state index is 12.0. The van der Waals surface area contributed by atoms with E-state index in [2.05, 4.69) is 26.1 Å². The van der Waals surface area contributed by atoms with Crippen LogP contribution in [-0.2, 0) is 10.5 Å². The van der Waals surface area contributed by atoms with Gasteiger partial charge in [0.1, 0.15) is 0 Å². The van der Waals surface area contributed by atoms with Gasteiger partial charge in [-0.1, -0.05) is 44.5 Å². The highest BCUT2D eigenvalue weighted by molar-refractivity contribution is 7.99. The Kier molecular flexibility index (Phi) is 7.57. The Hall–Kier alpha value is -0.710. The maximum Gasteiger partial charge on any atom is 0.230 e. The molecule has 0 spiro atoms. The monoisotopic (exact) mass is 329 g/mol. The van der Waals surface area contributed by atoms with E-state index < -0.39 is 0 Å². The summed E-state index contributed by atoms with van der Waals surface area (Å²) in [7, 11) is 0. The molecule has 1 amide bonds. The van der Waals surface area contributed by atoms with Crippen LogP contribution in [0.4, 0.5) is 0 Å². The van der Waals surface area contributed by atoms with E-state index >= 15 is 0 Å². The molecule has 5 heteroatoms. The van der Waals surface area contributed by atoms with Gasteiger partial charge in [0.25, 0.3) is 0 Å². The Bertz CT molecular complexity index is 460. The van der Waals surface area contributed by atoms with E-state index in [1.807, 2.05) is 24.3 Å². The Balaban J connectivity index is 2.39. The number of benzene rings is 1. The summed E-state index contributed by atoms with van der Waals surface area (Å²) in [6.07, 6.45) is 0.578. The number of thioether (sulfide) groups is 1. The molecule has 3 nitrogen and oxygen atoms in total. The molecule has 0 aliphatic heterocycles. The summed E-state index contributed by atoms with van der Waals surface area (Å²) in [4.78, 5) is 12.0. The summed E-state index contributed by atoms with van der Waals surface area (Å²) < 4.78 is 0. The van der Waals surface area contributed by atoms with E-state index in [1.165, 1.54) is 0 Å². The van der Waals surface area contributed by atoms with Crippen molar-refractivity contribution in [1.29, 1.82) is 0 Å². The fraction of sp³-hybridized carbons (Fsp3) is 0.562. The molecule has 0 aliphatic rings. The zero-order valence-electron chi connectivity index (χ0n) is 12.9. The highest BCUT2D eigenvalue weighted by Crippen LogP contribution is 2.22. The van der Waals surface area contributed by atoms with Crippen molar-refractivity contribution in [2.45, 2.75) is 39.0 Å². The quantitative estimate of drug-likeness (QED) is 0.805. The molecule has 1 unspecified atom stereocenters. The van der Waals surface area contributed by atoms with Crippen LogP contribution in [0.15, 0.2) is 24.3 Å². The van der Waals surface area contributed by atoms with Gasteiger partial charge in [-0.2, -0.15) is 0 Å². The molecule has 1 aromatic carbocycles. The number of amides is 1. The van der Waals surface area contributed by atoms with Gasteiger partial charge in [-0.25, -0.2) is 0 Å². The number of nitrogens with one attached hydrogen (secondary N) is 1. The average Bonchev–Trinajstić information content (AvgIpc) is 2.37. The molecule has 1 atom stereocenters. The first-order valence-corrected chi connectivity index (χ1v) is 8.58. The predicted octanol–water partition coefficient (Wildman–Crippen LogP) is 3.49. The van der Waals surface area contributed by atoms with E-state index in [4.69, 9.17) is 16.7 Å². The topological polar surface area (TPSA) is 49.3 Å². The number of halogens is 1. The molecule has 0 bridgehead atoms. The van der Waals surface area contributed by atoms with Crippen molar-refractivity contribution >= 4 is 29.3 Å². The van der Waals surface area contributed by atoms with E-state index in [0.29, 0.717) is 17.2 Å². The number of carbonyl (C=O) groups excluding carboxylic acids is 1. The van der Waals surface area contributed by atoms with Crippen LogP contribution in [0.5, 0.6) is 0 Å². The second-order valence-electron chi connectivity index (χ2n) is 6.12. The number of aliphatic hydroxyl groups is 1. The van der Waals surface area contributed by atoms with Gasteiger partial charge in [0.2, 0.25) is 5.91 Å². The number of rotatable bonds is 7. The predicted molar refractivity (Wildman–Crippen MR) is 90.7 cm³/mol. The largest absolute Gasteiger partial charge is 0.396 e. The first-order valence-electron chi connectivity index (χ1n) is 7.05. The Morgan fingerprint density at radius 1 is 1.43 bits per heavy atom. The van der Waals surface area contributed by atoms with Crippen LogP contribution in [-0.4, -0.2) is 29.4 Å². The third kappa shape index (κ3) is 7.21. The molecule has 0 aliphatic carbocycles. The average molecular weight is 330 g/mol. The molecule has 0 heterocycles. The van der Waals surface area contributed by atoms with Crippen molar-refractivity contribution < 1.29 is 9.90 Å². The summed E-state index contributed by atoms with van der Waals surface area (Å²) in [5.41, 5.74) is 1.05. The fourth-order valence-electron chi connectivity index (χ4n) is 1.98. The Morgan fingerprint density at radius 2 is 2.14 bits per heavy atom. The van der Waals surface area contributed by atoms with Crippen molar-refractivity contribution in [3.8, 4) is 0 Å². The minimum atomic E-state index is -0.0595. The molecular formula is C16H24ClNO2S. The van der Waals surface area contributed by atoms with Gasteiger partial charge in [0, 0.05) is 23.4 Å². The van der Waals surface area contributed by atoms with E-state index in [1.54, 1.807) is 11.8 Å². The van der Waals surface area contributed by atoms with Gasteiger partial charge in [0.05, 0.1) is 5.75 Å². The molecule has 21 heavy (non-hydrogen) atoms. The number of aliphatic hydroxyl groups excluding tert-OH is 1. The molecule has 0 fully saturated rings. The molecule has 0 radical (unpaired) electrons. The van der Waals surface area contributed by atoms with Crippen LogP contribution in [0.1, 0.15) is 32.8 Å². The second-order valence-corrected chi connectivity index (χ2v) is 7.54. The molecule has 1 aromatic rings. The van der Waals surface area contributed by atoms with Crippen LogP contribution in [0.25, 0.3) is 0 Å². The molecular weight excluding hydrogens is 306 g/mol. The lowest BCUT2D eigenvalue weighted by Gasteiger charge is -2.31. The van der Waals surface area contributed by atoms with Crippen LogP contribution in [0.3, 0.4) is 0 Å². The van der Waals surface area contributed by atoms with Crippen molar-refractivity contribution in [2.24, 2.45) is 5.41 Å². The van der Waals surface area contributed by atoms with E-state index in [9.17, 15) is 4.79 Å². The van der Waals surface area contributed by atoms with Crippen LogP contribution in [0.2, 0.25) is 5.02 Å². The molecule has 0 saturated carbocycles. The fourth-order valence-corrected chi connectivity index (χ4v) is 2.97. The first kappa shape index (κ1) is 18.3. The smallest absolute Gasteiger partial charge is 0.230 e. The third-order valence-electron chi connectivity index (χ3n) is 3.19. The van der Waals surface area contributed by atoms with Gasteiger partial charge >= 0.3 is 0 Å². The van der Waals surface area contributed by atoms with Crippen molar-refractivity contribution in [2.75, 3.05) is 12.4 Å². The Morgan fingerprint density at radius 3 is 2.71 bits per heavy atom. The van der Waals surface area contributed by atoms with Gasteiger partial charge < -0.3 is 10.4 Å². The van der Waals surface area contributed by atoms with Crippen LogP contribution >= 0.6 is 23.4 Å². The van der Waals surface area contributed by atoms with Gasteiger partial charge in [-0.05, 0) is 29.5 Å². The van der Waals surface area contributed by atoms with Crippen LogP contribution in [0, 0.1) is 5.41 Å². The van der Waals surface area contributed by atoms with Crippen molar-refractivity contribution in [3.05, 3.63) is 34.9 Å². The highest BCUT2D eigenvalue weighted by atomic mass is 35.5. The van der Waals surface area contributed by atoms with E-state index in [0.717, 1.165) is 11.3 Å². The van der Waals surface area contributed by atoms with Crippen molar-refractivity contribution in [1.82, 2.24) is 5.32 Å². The summed E-state index contributed by atoms with van der Waals surface area (Å²) in [5, 5.41) is 12.8. The van der Waals surface area contributed by atoms with Crippen LogP contribution < -0.4 is 5.32 Å². The first-order chi connectivity index (χ1) is 9.82. The minimum absolute atomic E-state index is 0.00963. The highest BCUT2D eigenvalue weighted by Gasteiger charge is 2.25. The summed E-state index contributed by atoms with van der Waals surface area (Å²) >= 11 is 7.49. The molecule has 118 valence electrons. The van der Waals surface area contributed by atoms with Gasteiger partial charge in [0.15, 0.2) is 0 Å². The maximum absolute atomic E-state index is 12.0. The van der Waals surface area contributed by atoms with Gasteiger partial charge in [-0.15, -0.1) is 11.8 Å². The number of hydrogen-bond acceptors (Lipinski definition) is 3. The lowest BCUT2D eigenvalue weighted by Crippen LogP contribution is -2.45. The third-order valence-corrected chi connectivity index (χ3v) is 4.43. The van der Waals surface area contributed by atoms with Crippen molar-refractivity contribution in [3.63, 3.8) is 0 Å². The normalized spacial score (nSPS) is 13.0. The summed E-state index contributed by atoms with van der Waals surface area (Å²) in [6.45, 7) is 6.27. The summed E-state index contributed by atoms with van der Waals surface area (Å²) in [6, 6.07) is 7.65. The zero-order chi connectivity index (χ0) is 15.9. The molecule has 0 aromatic heterocycles. The zero-order valence-corrected chi connectivity index (χ0v) is 14.4.